The minimum atomic E-state index is -0.499. The highest BCUT2D eigenvalue weighted by Crippen LogP contribution is 2.18. The van der Waals surface area contributed by atoms with E-state index in [1.165, 1.54) is 19.3 Å². The Bertz CT molecular complexity index is 400. The molecule has 22 heavy (non-hydrogen) atoms. The summed E-state index contributed by atoms with van der Waals surface area (Å²) in [6.45, 7) is 6.75. The van der Waals surface area contributed by atoms with Gasteiger partial charge in [0.1, 0.15) is 5.60 Å². The molecule has 1 saturated carbocycles. The van der Waals surface area contributed by atoms with Crippen molar-refractivity contribution in [1.82, 2.24) is 15.5 Å². The third-order valence-corrected chi connectivity index (χ3v) is 4.13. The molecule has 0 radical (unpaired) electrons. The summed E-state index contributed by atoms with van der Waals surface area (Å²) in [4.78, 5) is 25.8. The highest BCUT2D eigenvalue weighted by atomic mass is 16.6. The molecule has 3 amide bonds. The lowest BCUT2D eigenvalue weighted by atomic mass is 9.96. The second-order valence-electron chi connectivity index (χ2n) is 7.36. The Kier molecular flexibility index (Phi) is 5.53. The first-order valence-corrected chi connectivity index (χ1v) is 8.38. The summed E-state index contributed by atoms with van der Waals surface area (Å²) in [5.41, 5.74) is -0.499. The maximum atomic E-state index is 12.2. The van der Waals surface area contributed by atoms with Crippen LogP contribution in [-0.2, 0) is 4.74 Å². The number of amides is 3. The van der Waals surface area contributed by atoms with Crippen LogP contribution in [0, 0.1) is 0 Å². The average molecular weight is 311 g/mol. The molecule has 1 atom stereocenters. The molecule has 6 heteroatoms. The fraction of sp³-hybridized carbons (Fsp3) is 0.875. The van der Waals surface area contributed by atoms with E-state index in [1.807, 2.05) is 20.8 Å². The summed E-state index contributed by atoms with van der Waals surface area (Å²) in [7, 11) is 0. The van der Waals surface area contributed by atoms with Crippen LogP contribution in [0.4, 0.5) is 9.59 Å². The summed E-state index contributed by atoms with van der Waals surface area (Å²) in [5.74, 6) is 0. The number of urea groups is 1. The molecule has 0 aromatic carbocycles. The second kappa shape index (κ2) is 7.20. The van der Waals surface area contributed by atoms with Gasteiger partial charge < -0.3 is 20.3 Å². The van der Waals surface area contributed by atoms with Crippen LogP contribution in [0.15, 0.2) is 0 Å². The van der Waals surface area contributed by atoms with Crippen LogP contribution in [0.2, 0.25) is 0 Å². The Morgan fingerprint density at radius 3 is 2.32 bits per heavy atom. The molecule has 2 aliphatic rings. The molecule has 1 aliphatic carbocycles. The van der Waals surface area contributed by atoms with Gasteiger partial charge in [-0.25, -0.2) is 9.59 Å². The number of carbonyl (C=O) groups is 2. The first kappa shape index (κ1) is 16.9. The number of hydrogen-bond donors (Lipinski definition) is 2. The normalized spacial score (nSPS) is 23.2. The number of hydrogen-bond acceptors (Lipinski definition) is 3. The van der Waals surface area contributed by atoms with E-state index >= 15 is 0 Å². The topological polar surface area (TPSA) is 70.7 Å². The molecule has 0 spiro atoms. The SMILES string of the molecule is CC(C)(C)OC(=O)NC1CCN(C(=O)NC2CCCCC2)C1. The fourth-order valence-corrected chi connectivity index (χ4v) is 3.05. The molecule has 0 bridgehead atoms. The molecule has 0 aromatic rings. The molecule has 1 aliphatic heterocycles. The molecule has 1 unspecified atom stereocenters. The van der Waals surface area contributed by atoms with Crippen molar-refractivity contribution >= 4 is 12.1 Å². The Morgan fingerprint density at radius 1 is 1.00 bits per heavy atom. The van der Waals surface area contributed by atoms with Crippen molar-refractivity contribution in [3.05, 3.63) is 0 Å². The van der Waals surface area contributed by atoms with Gasteiger partial charge in [-0.1, -0.05) is 19.3 Å². The molecule has 1 heterocycles. The van der Waals surface area contributed by atoms with Crippen molar-refractivity contribution in [2.24, 2.45) is 0 Å². The van der Waals surface area contributed by atoms with Crippen LogP contribution in [0.5, 0.6) is 0 Å². The van der Waals surface area contributed by atoms with Gasteiger partial charge in [-0.05, 0) is 40.0 Å². The molecule has 2 rings (SSSR count). The van der Waals surface area contributed by atoms with Crippen molar-refractivity contribution < 1.29 is 14.3 Å². The number of rotatable bonds is 2. The predicted molar refractivity (Wildman–Crippen MR) is 84.8 cm³/mol. The van der Waals surface area contributed by atoms with Gasteiger partial charge in [0.05, 0.1) is 6.04 Å². The van der Waals surface area contributed by atoms with E-state index in [-0.39, 0.29) is 12.1 Å². The van der Waals surface area contributed by atoms with Crippen LogP contribution < -0.4 is 10.6 Å². The monoisotopic (exact) mass is 311 g/mol. The van der Waals surface area contributed by atoms with Crippen molar-refractivity contribution in [1.29, 1.82) is 0 Å². The van der Waals surface area contributed by atoms with E-state index in [4.69, 9.17) is 4.74 Å². The molecule has 2 N–H and O–H groups in total. The van der Waals surface area contributed by atoms with E-state index in [0.29, 0.717) is 19.1 Å². The summed E-state index contributed by atoms with van der Waals surface area (Å²) in [6, 6.07) is 0.298. The molecular weight excluding hydrogens is 282 g/mol. The van der Waals surface area contributed by atoms with Crippen LogP contribution in [0.25, 0.3) is 0 Å². The molecule has 1 saturated heterocycles. The van der Waals surface area contributed by atoms with Gasteiger partial charge in [0.15, 0.2) is 0 Å². The minimum absolute atomic E-state index is 0.000360. The molecular formula is C16H29N3O3. The molecule has 2 fully saturated rings. The molecule has 6 nitrogen and oxygen atoms in total. The number of ether oxygens (including phenoxy) is 1. The van der Waals surface area contributed by atoms with Crippen molar-refractivity contribution in [2.45, 2.75) is 77.0 Å². The van der Waals surface area contributed by atoms with Crippen molar-refractivity contribution in [2.75, 3.05) is 13.1 Å². The summed E-state index contributed by atoms with van der Waals surface area (Å²) < 4.78 is 5.25. The van der Waals surface area contributed by atoms with Gasteiger partial charge in [-0.15, -0.1) is 0 Å². The van der Waals surface area contributed by atoms with Crippen LogP contribution in [0.3, 0.4) is 0 Å². The van der Waals surface area contributed by atoms with E-state index in [1.54, 1.807) is 4.90 Å². The van der Waals surface area contributed by atoms with Crippen LogP contribution in [-0.4, -0.2) is 47.8 Å². The number of nitrogens with one attached hydrogen (secondary N) is 2. The lowest BCUT2D eigenvalue weighted by molar-refractivity contribution is 0.0506. The fourth-order valence-electron chi connectivity index (χ4n) is 3.05. The zero-order valence-corrected chi connectivity index (χ0v) is 14.0. The van der Waals surface area contributed by atoms with Gasteiger partial charge >= 0.3 is 12.1 Å². The van der Waals surface area contributed by atoms with Gasteiger partial charge in [0.2, 0.25) is 0 Å². The van der Waals surface area contributed by atoms with Crippen LogP contribution >= 0.6 is 0 Å². The minimum Gasteiger partial charge on any atom is -0.444 e. The number of alkyl carbamates (subject to hydrolysis) is 1. The Balaban J connectivity index is 1.72. The van der Waals surface area contributed by atoms with Crippen LogP contribution in [0.1, 0.15) is 59.3 Å². The van der Waals surface area contributed by atoms with E-state index in [9.17, 15) is 9.59 Å². The first-order valence-electron chi connectivity index (χ1n) is 8.38. The largest absolute Gasteiger partial charge is 0.444 e. The van der Waals surface area contributed by atoms with Crippen molar-refractivity contribution in [3.8, 4) is 0 Å². The molecule has 0 aromatic heterocycles. The lowest BCUT2D eigenvalue weighted by Crippen LogP contribution is -2.46. The summed E-state index contributed by atoms with van der Waals surface area (Å²) >= 11 is 0. The van der Waals surface area contributed by atoms with Crippen molar-refractivity contribution in [3.63, 3.8) is 0 Å². The zero-order valence-electron chi connectivity index (χ0n) is 14.0. The Labute approximate surface area is 132 Å². The summed E-state index contributed by atoms with van der Waals surface area (Å²) in [6.07, 6.45) is 6.21. The first-order chi connectivity index (χ1) is 10.3. The zero-order chi connectivity index (χ0) is 16.2. The van der Waals surface area contributed by atoms with Gasteiger partial charge in [0, 0.05) is 19.1 Å². The third kappa shape index (κ3) is 5.39. The third-order valence-electron chi connectivity index (χ3n) is 4.13. The van der Waals surface area contributed by atoms with E-state index < -0.39 is 11.7 Å². The van der Waals surface area contributed by atoms with Gasteiger partial charge in [-0.2, -0.15) is 0 Å². The quantitative estimate of drug-likeness (QED) is 0.823. The maximum Gasteiger partial charge on any atom is 0.407 e. The van der Waals surface area contributed by atoms with E-state index in [0.717, 1.165) is 19.3 Å². The standard InChI is InChI=1S/C16H29N3O3/c1-16(2,3)22-15(21)18-13-9-10-19(11-13)14(20)17-12-7-5-4-6-8-12/h12-13H,4-11H2,1-3H3,(H,17,20)(H,18,21). The second-order valence-corrected chi connectivity index (χ2v) is 7.36. The smallest absolute Gasteiger partial charge is 0.407 e. The van der Waals surface area contributed by atoms with Gasteiger partial charge in [0.25, 0.3) is 0 Å². The maximum absolute atomic E-state index is 12.2. The highest BCUT2D eigenvalue weighted by molar-refractivity contribution is 5.75. The average Bonchev–Trinajstić information content (AvgIpc) is 2.86. The Hall–Kier alpha value is -1.46. The van der Waals surface area contributed by atoms with Gasteiger partial charge in [-0.3, -0.25) is 0 Å². The molecule has 126 valence electrons. The highest BCUT2D eigenvalue weighted by Gasteiger charge is 2.29. The lowest BCUT2D eigenvalue weighted by Gasteiger charge is -2.26. The summed E-state index contributed by atoms with van der Waals surface area (Å²) in [5, 5.41) is 5.96. The number of carbonyl (C=O) groups excluding carboxylic acids is 2. The van der Waals surface area contributed by atoms with E-state index in [2.05, 4.69) is 10.6 Å². The number of likely N-dealkylation sites (tertiary alicyclic amines) is 1. The Morgan fingerprint density at radius 2 is 1.68 bits per heavy atom. The predicted octanol–water partition coefficient (Wildman–Crippen LogP) is 2.63. The number of nitrogens with zero attached hydrogens (tertiary/aromatic N) is 1.